The van der Waals surface area contributed by atoms with Crippen LogP contribution >= 0.6 is 0 Å². The highest BCUT2D eigenvalue weighted by Crippen LogP contribution is 2.18. The van der Waals surface area contributed by atoms with Gasteiger partial charge in [0.15, 0.2) is 0 Å². The molecule has 0 aromatic heterocycles. The molecular formula is C14H21N3O2. The highest BCUT2D eigenvalue weighted by atomic mass is 16.5. The molecule has 19 heavy (non-hydrogen) atoms. The van der Waals surface area contributed by atoms with Crippen LogP contribution in [0.15, 0.2) is 24.3 Å². The molecule has 0 bridgehead atoms. The molecule has 0 radical (unpaired) electrons. The molecule has 104 valence electrons. The fourth-order valence-corrected chi connectivity index (χ4v) is 2.21. The largest absolute Gasteiger partial charge is 0.453 e. The Labute approximate surface area is 113 Å². The Hall–Kier alpha value is -1.75. The maximum atomic E-state index is 11.1. The van der Waals surface area contributed by atoms with E-state index < -0.39 is 6.09 Å². The average molecular weight is 263 g/mol. The van der Waals surface area contributed by atoms with Crippen molar-refractivity contribution in [2.45, 2.75) is 18.9 Å². The molecule has 0 aliphatic carbocycles. The molecule has 0 atom stereocenters. The molecule has 2 N–H and O–H groups in total. The number of nitrogens with zero attached hydrogens (tertiary/aromatic N) is 1. The summed E-state index contributed by atoms with van der Waals surface area (Å²) in [4.78, 5) is 13.4. The molecule has 1 amide bonds. The number of piperidine rings is 1. The highest BCUT2D eigenvalue weighted by molar-refractivity contribution is 5.84. The number of nitrogens with one attached hydrogen (secondary N) is 2. The number of carbonyl (C=O) groups is 1. The summed E-state index contributed by atoms with van der Waals surface area (Å²) >= 11 is 0. The lowest BCUT2D eigenvalue weighted by Gasteiger charge is -2.30. The normalized spacial score (nSPS) is 16.9. The van der Waals surface area contributed by atoms with Crippen LogP contribution < -0.4 is 10.6 Å². The molecular weight excluding hydrogens is 242 g/mol. The van der Waals surface area contributed by atoms with Crippen molar-refractivity contribution >= 4 is 17.5 Å². The van der Waals surface area contributed by atoms with Gasteiger partial charge in [0, 0.05) is 17.4 Å². The minimum absolute atomic E-state index is 0.448. The smallest absolute Gasteiger partial charge is 0.411 e. The SMILES string of the molecule is COC(=O)Nc1ccc(NC2CCN(C)CC2)cc1. The lowest BCUT2D eigenvalue weighted by atomic mass is 10.1. The molecule has 1 fully saturated rings. The van der Waals surface area contributed by atoms with Crippen molar-refractivity contribution in [3.63, 3.8) is 0 Å². The Balaban J connectivity index is 1.86. The van der Waals surface area contributed by atoms with E-state index in [0.29, 0.717) is 6.04 Å². The van der Waals surface area contributed by atoms with E-state index in [1.54, 1.807) is 0 Å². The van der Waals surface area contributed by atoms with E-state index in [1.165, 1.54) is 20.0 Å². The van der Waals surface area contributed by atoms with Gasteiger partial charge in [0.1, 0.15) is 0 Å². The third-order valence-corrected chi connectivity index (χ3v) is 3.41. The van der Waals surface area contributed by atoms with Crippen molar-refractivity contribution in [3.05, 3.63) is 24.3 Å². The van der Waals surface area contributed by atoms with Crippen LogP contribution in [0, 0.1) is 0 Å². The zero-order chi connectivity index (χ0) is 13.7. The van der Waals surface area contributed by atoms with E-state index in [1.807, 2.05) is 24.3 Å². The Bertz CT molecular complexity index is 411. The number of likely N-dealkylation sites (tertiary alicyclic amines) is 1. The number of ether oxygens (including phenoxy) is 1. The van der Waals surface area contributed by atoms with E-state index in [2.05, 4.69) is 27.3 Å². The van der Waals surface area contributed by atoms with Gasteiger partial charge in [-0.1, -0.05) is 0 Å². The summed E-state index contributed by atoms with van der Waals surface area (Å²) in [6, 6.07) is 8.23. The van der Waals surface area contributed by atoms with E-state index in [-0.39, 0.29) is 0 Å². The number of benzene rings is 1. The number of rotatable bonds is 3. The van der Waals surface area contributed by atoms with Crippen LogP contribution in [0.4, 0.5) is 16.2 Å². The van der Waals surface area contributed by atoms with Crippen molar-refractivity contribution in [1.82, 2.24) is 4.90 Å². The van der Waals surface area contributed by atoms with Gasteiger partial charge < -0.3 is 15.0 Å². The van der Waals surface area contributed by atoms with Gasteiger partial charge in [0.25, 0.3) is 0 Å². The molecule has 1 aromatic rings. The van der Waals surface area contributed by atoms with Crippen molar-refractivity contribution in [2.75, 3.05) is 37.9 Å². The van der Waals surface area contributed by atoms with Crippen LogP contribution in [-0.4, -0.2) is 44.3 Å². The maximum Gasteiger partial charge on any atom is 0.411 e. The predicted molar refractivity (Wildman–Crippen MR) is 76.6 cm³/mol. The molecule has 1 aromatic carbocycles. The first-order valence-electron chi connectivity index (χ1n) is 6.57. The molecule has 0 spiro atoms. The van der Waals surface area contributed by atoms with Gasteiger partial charge in [-0.3, -0.25) is 5.32 Å². The summed E-state index contributed by atoms with van der Waals surface area (Å²) in [6.45, 7) is 2.28. The van der Waals surface area contributed by atoms with Crippen LogP contribution in [-0.2, 0) is 4.74 Å². The number of methoxy groups -OCH3 is 1. The second-order valence-electron chi connectivity index (χ2n) is 4.92. The number of anilines is 2. The molecule has 1 aliphatic heterocycles. The third kappa shape index (κ3) is 4.13. The first-order chi connectivity index (χ1) is 9.17. The van der Waals surface area contributed by atoms with Crippen LogP contribution in [0.25, 0.3) is 0 Å². The summed E-state index contributed by atoms with van der Waals surface area (Å²) in [7, 11) is 3.51. The van der Waals surface area contributed by atoms with E-state index in [0.717, 1.165) is 24.5 Å². The van der Waals surface area contributed by atoms with Gasteiger partial charge >= 0.3 is 6.09 Å². The second-order valence-corrected chi connectivity index (χ2v) is 4.92. The lowest BCUT2D eigenvalue weighted by molar-refractivity contribution is 0.187. The predicted octanol–water partition coefficient (Wildman–Crippen LogP) is 2.37. The number of amides is 1. The fourth-order valence-electron chi connectivity index (χ4n) is 2.21. The fraction of sp³-hybridized carbons (Fsp3) is 0.500. The van der Waals surface area contributed by atoms with Gasteiger partial charge in [0.2, 0.25) is 0 Å². The Morgan fingerprint density at radius 2 is 1.79 bits per heavy atom. The first kappa shape index (κ1) is 13.7. The van der Waals surface area contributed by atoms with Gasteiger partial charge in [-0.2, -0.15) is 0 Å². The Morgan fingerprint density at radius 3 is 2.37 bits per heavy atom. The molecule has 1 saturated heterocycles. The van der Waals surface area contributed by atoms with Crippen molar-refractivity contribution in [3.8, 4) is 0 Å². The van der Waals surface area contributed by atoms with Crippen LogP contribution in [0.5, 0.6) is 0 Å². The summed E-state index contributed by atoms with van der Waals surface area (Å²) in [5, 5.41) is 6.16. The van der Waals surface area contributed by atoms with E-state index in [9.17, 15) is 4.79 Å². The topological polar surface area (TPSA) is 53.6 Å². The second kappa shape index (κ2) is 6.43. The quantitative estimate of drug-likeness (QED) is 0.879. The van der Waals surface area contributed by atoms with Crippen molar-refractivity contribution in [2.24, 2.45) is 0 Å². The minimum atomic E-state index is -0.448. The van der Waals surface area contributed by atoms with Crippen LogP contribution in [0.1, 0.15) is 12.8 Å². The summed E-state index contributed by atoms with van der Waals surface area (Å²) in [6.07, 6.45) is 1.88. The number of carbonyl (C=O) groups excluding carboxylic acids is 1. The maximum absolute atomic E-state index is 11.1. The minimum Gasteiger partial charge on any atom is -0.453 e. The summed E-state index contributed by atoms with van der Waals surface area (Å²) in [5.41, 5.74) is 1.82. The summed E-state index contributed by atoms with van der Waals surface area (Å²) < 4.78 is 4.55. The molecule has 1 aliphatic rings. The Kier molecular flexibility index (Phi) is 4.63. The van der Waals surface area contributed by atoms with Crippen LogP contribution in [0.3, 0.4) is 0 Å². The molecule has 5 nitrogen and oxygen atoms in total. The highest BCUT2D eigenvalue weighted by Gasteiger charge is 2.15. The zero-order valence-electron chi connectivity index (χ0n) is 11.5. The van der Waals surface area contributed by atoms with Gasteiger partial charge in [-0.05, 0) is 57.2 Å². The average Bonchev–Trinajstić information content (AvgIpc) is 2.43. The monoisotopic (exact) mass is 263 g/mol. The van der Waals surface area contributed by atoms with Gasteiger partial charge in [0.05, 0.1) is 7.11 Å². The molecule has 2 rings (SSSR count). The number of hydrogen-bond acceptors (Lipinski definition) is 4. The van der Waals surface area contributed by atoms with Crippen molar-refractivity contribution in [1.29, 1.82) is 0 Å². The van der Waals surface area contributed by atoms with Crippen molar-refractivity contribution < 1.29 is 9.53 Å². The zero-order valence-corrected chi connectivity index (χ0v) is 11.5. The van der Waals surface area contributed by atoms with Gasteiger partial charge in [-0.25, -0.2) is 4.79 Å². The van der Waals surface area contributed by atoms with Gasteiger partial charge in [-0.15, -0.1) is 0 Å². The first-order valence-corrected chi connectivity index (χ1v) is 6.57. The van der Waals surface area contributed by atoms with Crippen LogP contribution in [0.2, 0.25) is 0 Å². The number of hydrogen-bond donors (Lipinski definition) is 2. The third-order valence-electron chi connectivity index (χ3n) is 3.41. The van der Waals surface area contributed by atoms with E-state index in [4.69, 9.17) is 0 Å². The Morgan fingerprint density at radius 1 is 1.21 bits per heavy atom. The lowest BCUT2D eigenvalue weighted by Crippen LogP contribution is -2.36. The molecule has 5 heteroatoms. The molecule has 0 saturated carbocycles. The molecule has 1 heterocycles. The molecule has 0 unspecified atom stereocenters. The van der Waals surface area contributed by atoms with E-state index >= 15 is 0 Å². The standard InChI is InChI=1S/C14H21N3O2/c1-17-9-7-13(8-10-17)15-11-3-5-12(6-4-11)16-14(18)19-2/h3-6,13,15H,7-10H2,1-2H3,(H,16,18). The summed E-state index contributed by atoms with van der Waals surface area (Å²) in [5.74, 6) is 0.